The number of rotatable bonds is 3. The Labute approximate surface area is 131 Å². The van der Waals surface area contributed by atoms with Crippen LogP contribution in [0.5, 0.6) is 0 Å². The van der Waals surface area contributed by atoms with Crippen molar-refractivity contribution in [3.05, 3.63) is 36.4 Å². The summed E-state index contributed by atoms with van der Waals surface area (Å²) >= 11 is 0. The van der Waals surface area contributed by atoms with Crippen LogP contribution in [-0.2, 0) is 10.0 Å². The fourth-order valence-corrected chi connectivity index (χ4v) is 4.14. The largest absolute Gasteiger partial charge is 0.449 e. The van der Waals surface area contributed by atoms with Gasteiger partial charge in [-0.2, -0.15) is 4.31 Å². The third kappa shape index (κ3) is 2.94. The van der Waals surface area contributed by atoms with Gasteiger partial charge in [0.15, 0.2) is 5.89 Å². The van der Waals surface area contributed by atoms with Gasteiger partial charge in [-0.05, 0) is 30.9 Å². The molecule has 0 N–H and O–H groups in total. The lowest BCUT2D eigenvalue weighted by atomic mass is 10.0. The Bertz CT molecular complexity index is 742. The Morgan fingerprint density at radius 1 is 1.18 bits per heavy atom. The molecule has 1 aliphatic rings. The quantitative estimate of drug-likeness (QED) is 0.872. The van der Waals surface area contributed by atoms with Gasteiger partial charge < -0.3 is 4.42 Å². The molecular formula is C16H20N2O3S. The summed E-state index contributed by atoms with van der Waals surface area (Å²) in [5.74, 6) is 1.19. The Kier molecular flexibility index (Phi) is 4.06. The number of hydrogen-bond acceptors (Lipinski definition) is 4. The fourth-order valence-electron chi connectivity index (χ4n) is 2.67. The lowest BCUT2D eigenvalue weighted by Crippen LogP contribution is -2.37. The summed E-state index contributed by atoms with van der Waals surface area (Å²) in [6.45, 7) is 5.15. The van der Waals surface area contributed by atoms with E-state index >= 15 is 0 Å². The Morgan fingerprint density at radius 2 is 1.82 bits per heavy atom. The molecule has 0 bridgehead atoms. The van der Waals surface area contributed by atoms with E-state index in [4.69, 9.17) is 4.42 Å². The van der Waals surface area contributed by atoms with Crippen LogP contribution in [0.25, 0.3) is 11.3 Å². The number of piperidine rings is 1. The fraction of sp³-hybridized carbons (Fsp3) is 0.438. The molecule has 0 amide bonds. The minimum Gasteiger partial charge on any atom is -0.449 e. The van der Waals surface area contributed by atoms with Crippen molar-refractivity contribution in [1.82, 2.24) is 9.29 Å². The van der Waals surface area contributed by atoms with E-state index in [9.17, 15) is 8.42 Å². The predicted molar refractivity (Wildman–Crippen MR) is 83.8 cm³/mol. The van der Waals surface area contributed by atoms with Gasteiger partial charge in [0.1, 0.15) is 12.0 Å². The lowest BCUT2D eigenvalue weighted by molar-refractivity contribution is 0.288. The van der Waals surface area contributed by atoms with Gasteiger partial charge in [0.05, 0.1) is 4.90 Å². The minimum atomic E-state index is -3.39. The van der Waals surface area contributed by atoms with Crippen molar-refractivity contribution in [2.24, 2.45) is 5.92 Å². The standard InChI is InChI=1S/C16H20N2O3S/c1-12-7-9-18(10-8-12)22(19,20)15-5-3-14(4-6-15)16-11-21-13(2)17-16/h3-6,11-12H,7-10H2,1-2H3. The maximum Gasteiger partial charge on any atom is 0.243 e. The molecule has 0 radical (unpaired) electrons. The zero-order valence-corrected chi connectivity index (χ0v) is 13.6. The molecule has 1 fully saturated rings. The monoisotopic (exact) mass is 320 g/mol. The highest BCUT2D eigenvalue weighted by atomic mass is 32.2. The maximum atomic E-state index is 12.6. The third-order valence-corrected chi connectivity index (χ3v) is 6.06. The molecule has 1 aromatic carbocycles. The molecule has 1 saturated heterocycles. The summed E-state index contributed by atoms with van der Waals surface area (Å²) in [7, 11) is -3.39. The normalized spacial score (nSPS) is 17.7. The molecule has 0 atom stereocenters. The molecule has 0 unspecified atom stereocenters. The van der Waals surface area contributed by atoms with E-state index < -0.39 is 10.0 Å². The molecule has 3 rings (SSSR count). The van der Waals surface area contributed by atoms with Crippen molar-refractivity contribution in [3.63, 3.8) is 0 Å². The number of nitrogens with zero attached hydrogens (tertiary/aromatic N) is 2. The number of oxazole rings is 1. The van der Waals surface area contributed by atoms with Crippen LogP contribution in [0.2, 0.25) is 0 Å². The van der Waals surface area contributed by atoms with E-state index in [-0.39, 0.29) is 0 Å². The summed E-state index contributed by atoms with van der Waals surface area (Å²) in [5.41, 5.74) is 1.57. The predicted octanol–water partition coefficient (Wildman–Crippen LogP) is 3.07. The molecule has 0 spiro atoms. The number of hydrogen-bond donors (Lipinski definition) is 0. The minimum absolute atomic E-state index is 0.339. The van der Waals surface area contributed by atoms with Gasteiger partial charge in [-0.15, -0.1) is 0 Å². The summed E-state index contributed by atoms with van der Waals surface area (Å²) in [6.07, 6.45) is 3.43. The van der Waals surface area contributed by atoms with Gasteiger partial charge in [-0.3, -0.25) is 0 Å². The Morgan fingerprint density at radius 3 is 2.36 bits per heavy atom. The van der Waals surface area contributed by atoms with Crippen molar-refractivity contribution >= 4 is 10.0 Å². The molecule has 22 heavy (non-hydrogen) atoms. The first-order chi connectivity index (χ1) is 10.5. The second-order valence-corrected chi connectivity index (χ2v) is 7.80. The smallest absolute Gasteiger partial charge is 0.243 e. The van der Waals surface area contributed by atoms with Crippen LogP contribution in [0, 0.1) is 12.8 Å². The summed E-state index contributed by atoms with van der Waals surface area (Å²) < 4.78 is 32.0. The van der Waals surface area contributed by atoms with Crippen molar-refractivity contribution in [3.8, 4) is 11.3 Å². The number of benzene rings is 1. The molecule has 0 aliphatic carbocycles. The van der Waals surface area contributed by atoms with E-state index in [0.29, 0.717) is 35.5 Å². The molecular weight excluding hydrogens is 300 g/mol. The van der Waals surface area contributed by atoms with Crippen LogP contribution >= 0.6 is 0 Å². The van der Waals surface area contributed by atoms with Crippen molar-refractivity contribution < 1.29 is 12.8 Å². The first-order valence-corrected chi connectivity index (χ1v) is 8.93. The highest BCUT2D eigenvalue weighted by Gasteiger charge is 2.27. The van der Waals surface area contributed by atoms with Crippen LogP contribution in [0.1, 0.15) is 25.7 Å². The van der Waals surface area contributed by atoms with Gasteiger partial charge >= 0.3 is 0 Å². The van der Waals surface area contributed by atoms with Gasteiger partial charge in [0.2, 0.25) is 10.0 Å². The third-order valence-electron chi connectivity index (χ3n) is 4.15. The summed E-state index contributed by atoms with van der Waals surface area (Å²) in [4.78, 5) is 4.58. The molecule has 0 saturated carbocycles. The van der Waals surface area contributed by atoms with Crippen LogP contribution < -0.4 is 0 Å². The highest BCUT2D eigenvalue weighted by Crippen LogP contribution is 2.25. The van der Waals surface area contributed by atoms with E-state index in [2.05, 4.69) is 11.9 Å². The summed E-state index contributed by atoms with van der Waals surface area (Å²) in [5, 5.41) is 0. The molecule has 2 heterocycles. The second-order valence-electron chi connectivity index (χ2n) is 5.86. The van der Waals surface area contributed by atoms with Crippen LogP contribution in [-0.4, -0.2) is 30.8 Å². The van der Waals surface area contributed by atoms with Gasteiger partial charge in [-0.1, -0.05) is 19.1 Å². The molecule has 5 nitrogen and oxygen atoms in total. The number of sulfonamides is 1. The molecule has 1 aliphatic heterocycles. The first-order valence-electron chi connectivity index (χ1n) is 7.49. The lowest BCUT2D eigenvalue weighted by Gasteiger charge is -2.29. The molecule has 6 heteroatoms. The van der Waals surface area contributed by atoms with Crippen LogP contribution in [0.4, 0.5) is 0 Å². The van der Waals surface area contributed by atoms with Gasteiger partial charge in [0, 0.05) is 25.6 Å². The second kappa shape index (κ2) is 5.85. The average Bonchev–Trinajstić information content (AvgIpc) is 2.94. The van der Waals surface area contributed by atoms with Crippen LogP contribution in [0.15, 0.2) is 39.8 Å². The van der Waals surface area contributed by atoms with Gasteiger partial charge in [0.25, 0.3) is 0 Å². The average molecular weight is 320 g/mol. The zero-order chi connectivity index (χ0) is 15.7. The SMILES string of the molecule is Cc1nc(-c2ccc(S(=O)(=O)N3CCC(C)CC3)cc2)co1. The van der Waals surface area contributed by atoms with Crippen molar-refractivity contribution in [1.29, 1.82) is 0 Å². The first kappa shape index (κ1) is 15.2. The molecule has 118 valence electrons. The van der Waals surface area contributed by atoms with Crippen LogP contribution in [0.3, 0.4) is 0 Å². The molecule has 1 aromatic heterocycles. The van der Waals surface area contributed by atoms with Crippen molar-refractivity contribution in [2.75, 3.05) is 13.1 Å². The Balaban J connectivity index is 1.82. The summed E-state index contributed by atoms with van der Waals surface area (Å²) in [6, 6.07) is 6.84. The molecule has 2 aromatic rings. The van der Waals surface area contributed by atoms with Crippen molar-refractivity contribution in [2.45, 2.75) is 31.6 Å². The number of aryl methyl sites for hydroxylation is 1. The Hall–Kier alpha value is -1.66. The zero-order valence-electron chi connectivity index (χ0n) is 12.8. The van der Waals surface area contributed by atoms with E-state index in [1.54, 1.807) is 41.8 Å². The van der Waals surface area contributed by atoms with E-state index in [0.717, 1.165) is 18.4 Å². The van der Waals surface area contributed by atoms with E-state index in [1.165, 1.54) is 0 Å². The topological polar surface area (TPSA) is 63.4 Å². The van der Waals surface area contributed by atoms with E-state index in [1.807, 2.05) is 0 Å². The van der Waals surface area contributed by atoms with Gasteiger partial charge in [-0.25, -0.2) is 13.4 Å². The number of aromatic nitrogens is 1. The maximum absolute atomic E-state index is 12.6. The highest BCUT2D eigenvalue weighted by molar-refractivity contribution is 7.89.